The third kappa shape index (κ3) is 1.80. The highest BCUT2D eigenvalue weighted by atomic mass is 19.1. The third-order valence-electron chi connectivity index (χ3n) is 3.28. The number of aryl methyl sites for hydroxylation is 1. The minimum absolute atomic E-state index is 0.112. The molecule has 5 nitrogen and oxygen atoms in total. The van der Waals surface area contributed by atoms with Crippen molar-refractivity contribution in [2.45, 2.75) is 13.8 Å². The second-order valence-electron chi connectivity index (χ2n) is 4.39. The zero-order valence-electron chi connectivity index (χ0n) is 11.3. The van der Waals surface area contributed by atoms with Crippen LogP contribution in [-0.2, 0) is 7.05 Å². The average molecular weight is 265 g/mol. The fourth-order valence-electron chi connectivity index (χ4n) is 2.18. The van der Waals surface area contributed by atoms with Crippen LogP contribution >= 0.6 is 0 Å². The van der Waals surface area contributed by atoms with Gasteiger partial charge in [0.15, 0.2) is 11.5 Å². The lowest BCUT2D eigenvalue weighted by Gasteiger charge is -2.15. The molecule has 0 bridgehead atoms. The Bertz CT molecular complexity index is 650. The Balaban J connectivity index is 2.84. The number of nitrogen functional groups attached to an aromatic ring is 1. The number of ether oxygens (including phenoxy) is 1. The second-order valence-corrected chi connectivity index (χ2v) is 4.39. The first-order valence-corrected chi connectivity index (χ1v) is 5.73. The van der Waals surface area contributed by atoms with Crippen LogP contribution in [0, 0.1) is 19.7 Å². The van der Waals surface area contributed by atoms with Crippen molar-refractivity contribution in [3.8, 4) is 22.6 Å². The predicted octanol–water partition coefficient (Wildman–Crippen LogP) is 2.14. The number of nitrogens with zero attached hydrogens (tertiary/aromatic N) is 2. The summed E-state index contributed by atoms with van der Waals surface area (Å²) >= 11 is 0. The summed E-state index contributed by atoms with van der Waals surface area (Å²) in [6.45, 7) is 3.14. The van der Waals surface area contributed by atoms with Gasteiger partial charge in [-0.2, -0.15) is 5.10 Å². The summed E-state index contributed by atoms with van der Waals surface area (Å²) in [4.78, 5) is 0. The van der Waals surface area contributed by atoms with Crippen molar-refractivity contribution in [3.63, 3.8) is 0 Å². The quantitative estimate of drug-likeness (QED) is 0.872. The van der Waals surface area contributed by atoms with Gasteiger partial charge < -0.3 is 15.6 Å². The maximum absolute atomic E-state index is 14.2. The fraction of sp³-hybridized carbons (Fsp3) is 0.308. The largest absolute Gasteiger partial charge is 0.504 e. The highest BCUT2D eigenvalue weighted by Crippen LogP contribution is 2.44. The number of methoxy groups -OCH3 is 1. The van der Waals surface area contributed by atoms with Crippen molar-refractivity contribution in [2.24, 2.45) is 7.05 Å². The topological polar surface area (TPSA) is 73.3 Å². The molecular formula is C13H16FN3O2. The van der Waals surface area contributed by atoms with Gasteiger partial charge in [0.05, 0.1) is 13.3 Å². The van der Waals surface area contributed by atoms with Gasteiger partial charge in [-0.3, -0.25) is 4.68 Å². The number of phenolic OH excluding ortho intramolecular Hbond substituents is 1. The van der Waals surface area contributed by atoms with Crippen LogP contribution in [0.25, 0.3) is 11.1 Å². The van der Waals surface area contributed by atoms with Crippen molar-refractivity contribution in [1.29, 1.82) is 0 Å². The van der Waals surface area contributed by atoms with Crippen LogP contribution in [0.2, 0.25) is 0 Å². The minimum Gasteiger partial charge on any atom is -0.504 e. The molecule has 0 spiro atoms. The first-order valence-electron chi connectivity index (χ1n) is 5.73. The van der Waals surface area contributed by atoms with E-state index in [-0.39, 0.29) is 17.1 Å². The van der Waals surface area contributed by atoms with E-state index in [1.807, 2.05) is 0 Å². The number of hydrogen-bond donors (Lipinski definition) is 2. The monoisotopic (exact) mass is 265 g/mol. The van der Waals surface area contributed by atoms with Crippen LogP contribution < -0.4 is 10.5 Å². The molecule has 0 aliphatic rings. The Morgan fingerprint density at radius 1 is 1.37 bits per heavy atom. The fourth-order valence-corrected chi connectivity index (χ4v) is 2.18. The summed E-state index contributed by atoms with van der Waals surface area (Å²) in [7, 11) is 3.06. The molecule has 0 saturated carbocycles. The molecule has 0 unspecified atom stereocenters. The molecule has 0 radical (unpaired) electrons. The number of hydrogen-bond acceptors (Lipinski definition) is 4. The molecule has 6 heteroatoms. The van der Waals surface area contributed by atoms with Crippen LogP contribution in [0.4, 0.5) is 10.2 Å². The molecule has 102 valence electrons. The summed E-state index contributed by atoms with van der Waals surface area (Å²) in [5.74, 6) is -0.0865. The Kier molecular flexibility index (Phi) is 3.09. The molecule has 0 fully saturated rings. The summed E-state index contributed by atoms with van der Waals surface area (Å²) < 4.78 is 20.7. The number of aromatic hydroxyl groups is 1. The zero-order valence-corrected chi connectivity index (χ0v) is 11.3. The standard InChI is InChI=1S/C13H16FN3O2/c1-6-9(8-5-16-17(3)13(8)15)11(18)12(19-4)7(2)10(6)14/h5,18H,15H2,1-4H3. The number of halogens is 1. The van der Waals surface area contributed by atoms with E-state index >= 15 is 0 Å². The molecule has 1 heterocycles. The van der Waals surface area contributed by atoms with E-state index < -0.39 is 5.82 Å². The van der Waals surface area contributed by atoms with E-state index in [1.165, 1.54) is 18.0 Å². The Morgan fingerprint density at radius 3 is 2.47 bits per heavy atom. The van der Waals surface area contributed by atoms with E-state index in [9.17, 15) is 9.50 Å². The van der Waals surface area contributed by atoms with Gasteiger partial charge in [-0.25, -0.2) is 4.39 Å². The molecule has 2 aromatic rings. The maximum atomic E-state index is 14.2. The molecule has 19 heavy (non-hydrogen) atoms. The first-order chi connectivity index (χ1) is 8.90. The lowest BCUT2D eigenvalue weighted by molar-refractivity contribution is 0.367. The molecule has 3 N–H and O–H groups in total. The van der Waals surface area contributed by atoms with E-state index in [1.54, 1.807) is 20.9 Å². The minimum atomic E-state index is -0.423. The van der Waals surface area contributed by atoms with Crippen molar-refractivity contribution in [1.82, 2.24) is 9.78 Å². The molecule has 1 aromatic carbocycles. The van der Waals surface area contributed by atoms with Gasteiger partial charge in [0, 0.05) is 23.7 Å². The van der Waals surface area contributed by atoms with Crippen LogP contribution in [0.15, 0.2) is 6.20 Å². The van der Waals surface area contributed by atoms with E-state index in [0.717, 1.165) is 0 Å². The predicted molar refractivity (Wildman–Crippen MR) is 70.7 cm³/mol. The van der Waals surface area contributed by atoms with E-state index in [4.69, 9.17) is 10.5 Å². The van der Waals surface area contributed by atoms with Crippen molar-refractivity contribution >= 4 is 5.82 Å². The van der Waals surface area contributed by atoms with Gasteiger partial charge in [-0.15, -0.1) is 0 Å². The van der Waals surface area contributed by atoms with Gasteiger partial charge in [0.1, 0.15) is 11.6 Å². The molecular weight excluding hydrogens is 249 g/mol. The summed E-state index contributed by atoms with van der Waals surface area (Å²) in [5, 5.41) is 14.3. The maximum Gasteiger partial charge on any atom is 0.166 e. The van der Waals surface area contributed by atoms with E-state index in [2.05, 4.69) is 5.10 Å². The van der Waals surface area contributed by atoms with Gasteiger partial charge in [0.2, 0.25) is 0 Å². The van der Waals surface area contributed by atoms with Crippen LogP contribution in [0.5, 0.6) is 11.5 Å². The Hall–Kier alpha value is -2.24. The van der Waals surface area contributed by atoms with Gasteiger partial charge in [0.25, 0.3) is 0 Å². The SMILES string of the molecule is COc1c(C)c(F)c(C)c(-c2cnn(C)c2N)c1O. The van der Waals surface area contributed by atoms with Crippen molar-refractivity contribution in [3.05, 3.63) is 23.1 Å². The molecule has 0 atom stereocenters. The molecule has 0 aliphatic heterocycles. The number of phenols is 1. The van der Waals surface area contributed by atoms with Gasteiger partial charge in [-0.05, 0) is 19.4 Å². The molecule has 0 aliphatic carbocycles. The van der Waals surface area contributed by atoms with Crippen LogP contribution in [0.3, 0.4) is 0 Å². The van der Waals surface area contributed by atoms with Gasteiger partial charge in [-0.1, -0.05) is 0 Å². The van der Waals surface area contributed by atoms with Crippen LogP contribution in [0.1, 0.15) is 11.1 Å². The highest BCUT2D eigenvalue weighted by molar-refractivity contribution is 5.83. The number of benzene rings is 1. The van der Waals surface area contributed by atoms with Crippen LogP contribution in [-0.4, -0.2) is 22.0 Å². The number of anilines is 1. The second kappa shape index (κ2) is 4.46. The lowest BCUT2D eigenvalue weighted by atomic mass is 9.97. The van der Waals surface area contributed by atoms with E-state index in [0.29, 0.717) is 22.5 Å². The molecule has 0 amide bonds. The summed E-state index contributed by atoms with van der Waals surface area (Å²) in [5.41, 5.74) is 7.25. The zero-order chi connectivity index (χ0) is 14.3. The molecule has 1 aromatic heterocycles. The summed E-state index contributed by atoms with van der Waals surface area (Å²) in [6, 6.07) is 0. The first kappa shape index (κ1) is 13.2. The molecule has 2 rings (SSSR count). The number of aromatic nitrogens is 2. The third-order valence-corrected chi connectivity index (χ3v) is 3.28. The van der Waals surface area contributed by atoms with Gasteiger partial charge >= 0.3 is 0 Å². The smallest absolute Gasteiger partial charge is 0.166 e. The lowest BCUT2D eigenvalue weighted by Crippen LogP contribution is -2.01. The summed E-state index contributed by atoms with van der Waals surface area (Å²) in [6.07, 6.45) is 1.49. The average Bonchev–Trinajstić information content (AvgIpc) is 2.69. The number of nitrogens with two attached hydrogens (primary N) is 1. The normalized spacial score (nSPS) is 10.8. The van der Waals surface area contributed by atoms with Crippen molar-refractivity contribution in [2.75, 3.05) is 12.8 Å². The Labute approximate surface area is 110 Å². The number of rotatable bonds is 2. The van der Waals surface area contributed by atoms with Crippen molar-refractivity contribution < 1.29 is 14.2 Å². The Morgan fingerprint density at radius 2 is 2.00 bits per heavy atom. The molecule has 0 saturated heterocycles. The highest BCUT2D eigenvalue weighted by Gasteiger charge is 2.23.